The van der Waals surface area contributed by atoms with Crippen LogP contribution < -0.4 is 5.32 Å². The van der Waals surface area contributed by atoms with Gasteiger partial charge in [0.15, 0.2) is 0 Å². The Hall–Kier alpha value is -0.0800. The Balaban J connectivity index is 1.40. The van der Waals surface area contributed by atoms with E-state index in [1.807, 2.05) is 0 Å². The fraction of sp³-hybridized carbons (Fsp3) is 1.00. The van der Waals surface area contributed by atoms with Gasteiger partial charge in [-0.05, 0) is 48.9 Å². The molecule has 2 nitrogen and oxygen atoms in total. The second kappa shape index (κ2) is 6.20. The summed E-state index contributed by atoms with van der Waals surface area (Å²) >= 11 is 0. The minimum atomic E-state index is 0.417. The zero-order chi connectivity index (χ0) is 14.9. The second-order valence-electron chi connectivity index (χ2n) is 8.61. The molecule has 0 aromatic carbocycles. The molecule has 3 aliphatic rings. The van der Waals surface area contributed by atoms with Crippen molar-refractivity contribution in [2.24, 2.45) is 16.7 Å². The summed E-state index contributed by atoms with van der Waals surface area (Å²) < 4.78 is 6.34. The zero-order valence-corrected chi connectivity index (χ0v) is 14.4. The molecule has 0 aromatic rings. The summed E-state index contributed by atoms with van der Waals surface area (Å²) in [5.74, 6) is 0.891. The fourth-order valence-electron chi connectivity index (χ4n) is 5.33. The molecule has 0 aromatic heterocycles. The molecule has 0 saturated heterocycles. The van der Waals surface area contributed by atoms with Gasteiger partial charge in [0.1, 0.15) is 0 Å². The number of nitrogens with one attached hydrogen (secondary N) is 1. The van der Waals surface area contributed by atoms with Crippen molar-refractivity contribution in [3.8, 4) is 0 Å². The van der Waals surface area contributed by atoms with E-state index < -0.39 is 0 Å². The molecule has 0 amide bonds. The molecule has 3 atom stereocenters. The first kappa shape index (κ1) is 15.8. The molecule has 2 bridgehead atoms. The van der Waals surface area contributed by atoms with Gasteiger partial charge < -0.3 is 10.1 Å². The van der Waals surface area contributed by atoms with Crippen LogP contribution >= 0.6 is 0 Å². The predicted molar refractivity (Wildman–Crippen MR) is 88.5 cm³/mol. The van der Waals surface area contributed by atoms with E-state index in [9.17, 15) is 0 Å². The minimum absolute atomic E-state index is 0.417. The molecule has 0 radical (unpaired) electrons. The Morgan fingerprint density at radius 3 is 2.29 bits per heavy atom. The average molecular weight is 293 g/mol. The summed E-state index contributed by atoms with van der Waals surface area (Å²) in [6.07, 6.45) is 13.0. The molecule has 3 fully saturated rings. The Morgan fingerprint density at radius 2 is 1.71 bits per heavy atom. The van der Waals surface area contributed by atoms with Gasteiger partial charge in [0.2, 0.25) is 0 Å². The molecule has 0 aliphatic heterocycles. The fourth-order valence-corrected chi connectivity index (χ4v) is 5.33. The van der Waals surface area contributed by atoms with Crippen molar-refractivity contribution in [1.82, 2.24) is 5.32 Å². The van der Waals surface area contributed by atoms with E-state index in [0.29, 0.717) is 16.9 Å². The first-order valence-electron chi connectivity index (χ1n) is 9.39. The molecule has 3 unspecified atom stereocenters. The molecule has 0 heterocycles. The quantitative estimate of drug-likeness (QED) is 0.594. The lowest BCUT2D eigenvalue weighted by atomic mass is 9.70. The van der Waals surface area contributed by atoms with Crippen molar-refractivity contribution in [1.29, 1.82) is 0 Å². The topological polar surface area (TPSA) is 21.3 Å². The molecular formula is C19H35NO. The lowest BCUT2D eigenvalue weighted by molar-refractivity contribution is -0.0454. The first-order valence-corrected chi connectivity index (χ1v) is 9.39. The van der Waals surface area contributed by atoms with Gasteiger partial charge in [-0.2, -0.15) is 0 Å². The molecule has 122 valence electrons. The second-order valence-corrected chi connectivity index (χ2v) is 8.61. The maximum atomic E-state index is 6.34. The van der Waals surface area contributed by atoms with Gasteiger partial charge in [0.25, 0.3) is 0 Å². The van der Waals surface area contributed by atoms with Crippen molar-refractivity contribution in [3.63, 3.8) is 0 Å². The number of ether oxygens (including phenoxy) is 1. The number of hydrogen-bond acceptors (Lipinski definition) is 2. The van der Waals surface area contributed by atoms with E-state index in [2.05, 4.69) is 26.1 Å². The summed E-state index contributed by atoms with van der Waals surface area (Å²) in [4.78, 5) is 0. The van der Waals surface area contributed by atoms with Crippen molar-refractivity contribution < 1.29 is 4.74 Å². The highest BCUT2D eigenvalue weighted by molar-refractivity contribution is 5.11. The summed E-state index contributed by atoms with van der Waals surface area (Å²) in [6, 6.07) is 0.753. The van der Waals surface area contributed by atoms with Gasteiger partial charge in [0.05, 0.1) is 12.7 Å². The monoisotopic (exact) mass is 293 g/mol. The number of rotatable bonds is 5. The van der Waals surface area contributed by atoms with Crippen molar-refractivity contribution in [2.45, 2.75) is 90.7 Å². The van der Waals surface area contributed by atoms with Crippen LogP contribution in [-0.4, -0.2) is 25.3 Å². The van der Waals surface area contributed by atoms with Crippen LogP contribution in [0.15, 0.2) is 0 Å². The summed E-state index contributed by atoms with van der Waals surface area (Å²) in [6.45, 7) is 9.36. The van der Waals surface area contributed by atoms with Gasteiger partial charge in [0, 0.05) is 12.6 Å². The van der Waals surface area contributed by atoms with E-state index in [1.54, 1.807) is 0 Å². The third-order valence-electron chi connectivity index (χ3n) is 7.42. The summed E-state index contributed by atoms with van der Waals surface area (Å²) in [7, 11) is 0. The molecular weight excluding hydrogens is 258 g/mol. The molecule has 3 saturated carbocycles. The number of hydrogen-bond donors (Lipinski definition) is 1. The van der Waals surface area contributed by atoms with E-state index >= 15 is 0 Å². The number of fused-ring (bicyclic) bond motifs is 2. The van der Waals surface area contributed by atoms with E-state index in [1.165, 1.54) is 57.8 Å². The van der Waals surface area contributed by atoms with Crippen LogP contribution in [0.2, 0.25) is 0 Å². The Bertz CT molecular complexity index is 345. The van der Waals surface area contributed by atoms with E-state index in [-0.39, 0.29) is 0 Å². The van der Waals surface area contributed by atoms with Crippen LogP contribution in [-0.2, 0) is 4.74 Å². The minimum Gasteiger partial charge on any atom is -0.376 e. The van der Waals surface area contributed by atoms with Gasteiger partial charge in [-0.1, -0.05) is 46.5 Å². The molecule has 21 heavy (non-hydrogen) atoms. The molecule has 3 rings (SSSR count). The van der Waals surface area contributed by atoms with Crippen LogP contribution in [0.3, 0.4) is 0 Å². The standard InChI is InChI=1S/C19H35NO/c1-18(2)15-10-11-19(18,3)17(14-15)21-13-12-20-16-8-6-4-5-7-9-16/h15-17,20H,4-14H2,1-3H3. The largest absolute Gasteiger partial charge is 0.376 e. The zero-order valence-electron chi connectivity index (χ0n) is 14.4. The lowest BCUT2D eigenvalue weighted by Crippen LogP contribution is -2.39. The van der Waals surface area contributed by atoms with Gasteiger partial charge in [-0.3, -0.25) is 0 Å². The van der Waals surface area contributed by atoms with E-state index in [4.69, 9.17) is 4.74 Å². The van der Waals surface area contributed by atoms with Gasteiger partial charge in [-0.25, -0.2) is 0 Å². The normalized spacial score (nSPS) is 39.6. The predicted octanol–water partition coefficient (Wildman–Crippen LogP) is 4.53. The highest BCUT2D eigenvalue weighted by Crippen LogP contribution is 2.66. The van der Waals surface area contributed by atoms with Gasteiger partial charge >= 0.3 is 0 Å². The smallest absolute Gasteiger partial charge is 0.0637 e. The Labute approximate surface area is 131 Å². The third kappa shape index (κ3) is 2.91. The summed E-state index contributed by atoms with van der Waals surface area (Å²) in [5, 5.41) is 3.74. The van der Waals surface area contributed by atoms with Crippen molar-refractivity contribution >= 4 is 0 Å². The highest BCUT2D eigenvalue weighted by atomic mass is 16.5. The first-order chi connectivity index (χ1) is 10.0. The Morgan fingerprint density at radius 1 is 1.00 bits per heavy atom. The average Bonchev–Trinajstić information content (AvgIpc) is 2.73. The maximum Gasteiger partial charge on any atom is 0.0637 e. The molecule has 1 N–H and O–H groups in total. The van der Waals surface area contributed by atoms with Crippen molar-refractivity contribution in [2.75, 3.05) is 13.2 Å². The highest BCUT2D eigenvalue weighted by Gasteiger charge is 2.61. The maximum absolute atomic E-state index is 6.34. The van der Waals surface area contributed by atoms with Gasteiger partial charge in [-0.15, -0.1) is 0 Å². The Kier molecular flexibility index (Phi) is 4.66. The van der Waals surface area contributed by atoms with Crippen LogP contribution in [0.25, 0.3) is 0 Å². The SMILES string of the molecule is CC1(C)C2CCC1(C)C(OCCNC1CCCCCC1)C2. The van der Waals surface area contributed by atoms with Crippen LogP contribution in [0.5, 0.6) is 0 Å². The molecule has 3 aliphatic carbocycles. The molecule has 2 heteroatoms. The van der Waals surface area contributed by atoms with Crippen molar-refractivity contribution in [3.05, 3.63) is 0 Å². The lowest BCUT2D eigenvalue weighted by Gasteiger charge is -2.39. The van der Waals surface area contributed by atoms with Crippen LogP contribution in [0.4, 0.5) is 0 Å². The van der Waals surface area contributed by atoms with E-state index in [0.717, 1.165) is 25.1 Å². The van der Waals surface area contributed by atoms with Crippen LogP contribution in [0.1, 0.15) is 78.6 Å². The molecule has 0 spiro atoms. The van der Waals surface area contributed by atoms with Crippen LogP contribution in [0, 0.1) is 16.7 Å². The third-order valence-corrected chi connectivity index (χ3v) is 7.42. The summed E-state index contributed by atoms with van der Waals surface area (Å²) in [5.41, 5.74) is 0.895.